The van der Waals surface area contributed by atoms with Crippen molar-refractivity contribution in [3.05, 3.63) is 74.6 Å². The number of phenols is 1. The van der Waals surface area contributed by atoms with Crippen LogP contribution in [0.5, 0.6) is 5.75 Å². The molecule has 0 unspecified atom stereocenters. The number of aromatic amines is 1. The summed E-state index contributed by atoms with van der Waals surface area (Å²) in [6.07, 6.45) is 1.44. The van der Waals surface area contributed by atoms with E-state index in [1.165, 1.54) is 30.6 Å². The Morgan fingerprint density at radius 1 is 1.12 bits per heavy atom. The smallest absolute Gasteiger partial charge is 0.253 e. The maximum Gasteiger partial charge on any atom is 0.253 e. The van der Waals surface area contributed by atoms with E-state index >= 15 is 0 Å². The number of nitrogens with zero attached hydrogens (tertiary/aromatic N) is 1. The molecule has 1 aromatic heterocycles. The second-order valence-corrected chi connectivity index (χ2v) is 5.81. The molecule has 0 saturated carbocycles. The lowest BCUT2D eigenvalue weighted by Crippen LogP contribution is -2.36. The average Bonchev–Trinajstić information content (AvgIpc) is 3.07. The molecule has 0 atom stereocenters. The van der Waals surface area contributed by atoms with Crippen LogP contribution in [-0.4, -0.2) is 15.1 Å². The Hall–Kier alpha value is -3.68. The van der Waals surface area contributed by atoms with Crippen molar-refractivity contribution in [3.63, 3.8) is 0 Å². The molecule has 8 heteroatoms. The highest BCUT2D eigenvalue weighted by Gasteiger charge is 2.22. The quantitative estimate of drug-likeness (QED) is 0.411. The fraction of sp³-hybridized carbons (Fsp3) is 0.0556. The summed E-state index contributed by atoms with van der Waals surface area (Å²) >= 11 is 0. The van der Waals surface area contributed by atoms with E-state index in [-0.39, 0.29) is 29.4 Å². The van der Waals surface area contributed by atoms with Crippen molar-refractivity contribution in [2.45, 2.75) is 6.54 Å². The number of phenolic OH excluding ortho intramolecular Hbond substituents is 1. The van der Waals surface area contributed by atoms with E-state index in [0.29, 0.717) is 11.0 Å². The molecule has 4 aromatic rings. The van der Waals surface area contributed by atoms with E-state index in [1.807, 2.05) is 0 Å². The van der Waals surface area contributed by atoms with Crippen molar-refractivity contribution in [1.29, 1.82) is 0 Å². The number of fused-ring (bicyclic) bond motifs is 1. The molecular formula is C18H13FN4O3. The van der Waals surface area contributed by atoms with Gasteiger partial charge >= 0.3 is 0 Å². The average molecular weight is 352 g/mol. The largest absolute Gasteiger partial charge is 0.508 e. The van der Waals surface area contributed by atoms with Crippen molar-refractivity contribution in [1.82, 2.24) is 9.97 Å². The van der Waals surface area contributed by atoms with E-state index in [2.05, 4.69) is 20.6 Å². The molecule has 0 saturated heterocycles. The number of aromatic nitrogens is 2. The Balaban J connectivity index is 1.59. The van der Waals surface area contributed by atoms with E-state index < -0.39 is 16.7 Å². The minimum atomic E-state index is -0.718. The van der Waals surface area contributed by atoms with Crippen LogP contribution in [0.15, 0.2) is 52.3 Å². The van der Waals surface area contributed by atoms with E-state index in [0.717, 1.165) is 5.56 Å². The van der Waals surface area contributed by atoms with Gasteiger partial charge in [0.1, 0.15) is 22.9 Å². The molecule has 0 aliphatic heterocycles. The van der Waals surface area contributed by atoms with Gasteiger partial charge in [-0.05, 0) is 23.8 Å². The summed E-state index contributed by atoms with van der Waals surface area (Å²) in [5.74, 6) is -0.476. The number of nitrogens with one attached hydrogen (secondary N) is 3. The number of rotatable bonds is 5. The summed E-state index contributed by atoms with van der Waals surface area (Å²) in [7, 11) is 0. The van der Waals surface area contributed by atoms with Gasteiger partial charge in [-0.1, -0.05) is 12.1 Å². The van der Waals surface area contributed by atoms with Gasteiger partial charge in [-0.15, -0.1) is 0 Å². The SMILES string of the molecule is O=c1c(NCc2cccc(O)c2)c(Nc2cc3nc[nH]c3cc2F)c1=O. The van der Waals surface area contributed by atoms with Crippen molar-refractivity contribution in [2.75, 3.05) is 10.6 Å². The molecule has 0 amide bonds. The Morgan fingerprint density at radius 3 is 2.73 bits per heavy atom. The first-order valence-electron chi connectivity index (χ1n) is 7.77. The molecule has 0 aliphatic rings. The summed E-state index contributed by atoms with van der Waals surface area (Å²) in [5.41, 5.74) is 0.537. The Labute approximate surface area is 145 Å². The highest BCUT2D eigenvalue weighted by molar-refractivity contribution is 5.84. The lowest BCUT2D eigenvalue weighted by molar-refractivity contribution is 0.474. The molecule has 0 fully saturated rings. The van der Waals surface area contributed by atoms with Crippen LogP contribution >= 0.6 is 0 Å². The number of halogens is 1. The molecule has 1 heterocycles. The van der Waals surface area contributed by atoms with Gasteiger partial charge in [0, 0.05) is 12.6 Å². The first-order valence-corrected chi connectivity index (χ1v) is 7.77. The number of H-pyrrole nitrogens is 1. The van der Waals surface area contributed by atoms with Crippen LogP contribution in [-0.2, 0) is 6.54 Å². The van der Waals surface area contributed by atoms with Gasteiger partial charge in [-0.25, -0.2) is 9.37 Å². The van der Waals surface area contributed by atoms with Crippen LogP contribution in [0.2, 0.25) is 0 Å². The van der Waals surface area contributed by atoms with Gasteiger partial charge in [-0.2, -0.15) is 0 Å². The third-order valence-corrected chi connectivity index (χ3v) is 4.06. The lowest BCUT2D eigenvalue weighted by atomic mass is 10.1. The van der Waals surface area contributed by atoms with Crippen LogP contribution in [0, 0.1) is 5.82 Å². The second-order valence-electron chi connectivity index (χ2n) is 5.81. The van der Waals surface area contributed by atoms with Crippen molar-refractivity contribution < 1.29 is 9.50 Å². The predicted molar refractivity (Wildman–Crippen MR) is 96.1 cm³/mol. The normalized spacial score (nSPS) is 11.1. The minimum Gasteiger partial charge on any atom is -0.508 e. The van der Waals surface area contributed by atoms with Gasteiger partial charge in [0.2, 0.25) is 0 Å². The van der Waals surface area contributed by atoms with E-state index in [9.17, 15) is 19.1 Å². The summed E-state index contributed by atoms with van der Waals surface area (Å²) < 4.78 is 14.2. The van der Waals surface area contributed by atoms with E-state index in [1.54, 1.807) is 12.1 Å². The van der Waals surface area contributed by atoms with Crippen LogP contribution in [0.3, 0.4) is 0 Å². The fourth-order valence-corrected chi connectivity index (χ4v) is 2.72. The van der Waals surface area contributed by atoms with Crippen LogP contribution < -0.4 is 21.5 Å². The van der Waals surface area contributed by atoms with Crippen LogP contribution in [0.25, 0.3) is 11.0 Å². The highest BCUT2D eigenvalue weighted by Crippen LogP contribution is 2.26. The third kappa shape index (κ3) is 2.67. The molecule has 4 rings (SSSR count). The maximum absolute atomic E-state index is 14.2. The summed E-state index contributed by atoms with van der Waals surface area (Å²) in [6.45, 7) is 0.231. The highest BCUT2D eigenvalue weighted by atomic mass is 19.1. The zero-order valence-corrected chi connectivity index (χ0v) is 13.3. The molecule has 130 valence electrons. The summed E-state index contributed by atoms with van der Waals surface area (Å²) in [5, 5.41) is 15.0. The maximum atomic E-state index is 14.2. The van der Waals surface area contributed by atoms with Gasteiger partial charge in [0.15, 0.2) is 0 Å². The molecule has 0 aliphatic carbocycles. The molecular weight excluding hydrogens is 339 g/mol. The zero-order valence-electron chi connectivity index (χ0n) is 13.3. The minimum absolute atomic E-state index is 0.00365. The molecule has 7 nitrogen and oxygen atoms in total. The Kier molecular flexibility index (Phi) is 3.65. The van der Waals surface area contributed by atoms with Gasteiger partial charge in [0.25, 0.3) is 10.9 Å². The summed E-state index contributed by atoms with van der Waals surface area (Å²) in [6, 6.07) is 9.21. The monoisotopic (exact) mass is 352 g/mol. The number of anilines is 3. The Morgan fingerprint density at radius 2 is 1.92 bits per heavy atom. The molecule has 4 N–H and O–H groups in total. The topological polar surface area (TPSA) is 107 Å². The van der Waals surface area contributed by atoms with Gasteiger partial charge in [-0.3, -0.25) is 9.59 Å². The number of aromatic hydroxyl groups is 1. The molecule has 0 bridgehead atoms. The van der Waals surface area contributed by atoms with Gasteiger partial charge < -0.3 is 20.7 Å². The number of hydrogen-bond donors (Lipinski definition) is 4. The van der Waals surface area contributed by atoms with Crippen molar-refractivity contribution in [2.24, 2.45) is 0 Å². The van der Waals surface area contributed by atoms with E-state index in [4.69, 9.17) is 0 Å². The number of benzene rings is 2. The molecule has 0 spiro atoms. The first-order chi connectivity index (χ1) is 12.5. The number of imidazole rings is 1. The molecule has 3 aromatic carbocycles. The second kappa shape index (κ2) is 5.99. The fourth-order valence-electron chi connectivity index (χ4n) is 2.72. The zero-order chi connectivity index (χ0) is 18.3. The first kappa shape index (κ1) is 15.8. The Bertz CT molecular complexity index is 1190. The lowest BCUT2D eigenvalue weighted by Gasteiger charge is -2.15. The third-order valence-electron chi connectivity index (χ3n) is 4.06. The standard InChI is InChI=1S/C18H13FN4O3/c19-11-5-13-14(22-8-21-13)6-12(11)23-16-15(17(25)18(16)26)20-7-9-2-1-3-10(24)4-9/h1-6,8,20,23-24H,7H2,(H,21,22). The van der Waals surface area contributed by atoms with Crippen molar-refractivity contribution >= 4 is 28.1 Å². The predicted octanol–water partition coefficient (Wildman–Crippen LogP) is 2.36. The molecule has 26 heavy (non-hydrogen) atoms. The van der Waals surface area contributed by atoms with Crippen molar-refractivity contribution in [3.8, 4) is 5.75 Å². The van der Waals surface area contributed by atoms with Crippen LogP contribution in [0.4, 0.5) is 21.5 Å². The van der Waals surface area contributed by atoms with Crippen LogP contribution in [0.1, 0.15) is 5.56 Å². The summed E-state index contributed by atoms with van der Waals surface area (Å²) in [4.78, 5) is 30.5. The molecule has 0 radical (unpaired) electrons. The van der Waals surface area contributed by atoms with Gasteiger partial charge in [0.05, 0.1) is 23.0 Å². The number of hydrogen-bond acceptors (Lipinski definition) is 6.